The molecule has 0 unspecified atom stereocenters. The zero-order chi connectivity index (χ0) is 12.3. The molecule has 1 nitrogen and oxygen atoms in total. The summed E-state index contributed by atoms with van der Waals surface area (Å²) in [5.74, 6) is 0. The van der Waals surface area contributed by atoms with Crippen molar-refractivity contribution in [1.29, 1.82) is 5.26 Å². The zero-order valence-electron chi connectivity index (χ0n) is 9.52. The molecule has 1 atom stereocenters. The average molecular weight is 286 g/mol. The predicted octanol–water partition coefficient (Wildman–Crippen LogP) is 4.68. The van der Waals surface area contributed by atoms with Crippen LogP contribution in [-0.2, 0) is 0 Å². The van der Waals surface area contributed by atoms with E-state index in [0.29, 0.717) is 10.4 Å². The van der Waals surface area contributed by atoms with Gasteiger partial charge in [0, 0.05) is 4.83 Å². The van der Waals surface area contributed by atoms with E-state index in [1.807, 2.05) is 24.3 Å². The number of hydrogen-bond acceptors (Lipinski definition) is 1. The summed E-state index contributed by atoms with van der Waals surface area (Å²) in [7, 11) is 0. The molecule has 0 amide bonds. The molecule has 0 spiro atoms. The minimum absolute atomic E-state index is 0.350. The highest BCUT2D eigenvalue weighted by Gasteiger charge is 2.05. The van der Waals surface area contributed by atoms with Crippen LogP contribution in [0.25, 0.3) is 11.1 Å². The van der Waals surface area contributed by atoms with Crippen molar-refractivity contribution in [3.63, 3.8) is 0 Å². The molecule has 2 rings (SSSR count). The molecule has 2 aromatic rings. The van der Waals surface area contributed by atoms with Crippen molar-refractivity contribution in [3.8, 4) is 17.2 Å². The molecule has 0 aliphatic heterocycles. The fraction of sp³-hybridized carbons (Fsp3) is 0.133. The van der Waals surface area contributed by atoms with Crippen LogP contribution in [0.5, 0.6) is 0 Å². The van der Waals surface area contributed by atoms with Gasteiger partial charge in [0.15, 0.2) is 0 Å². The molecule has 0 aliphatic rings. The van der Waals surface area contributed by atoms with E-state index in [4.69, 9.17) is 5.26 Å². The van der Waals surface area contributed by atoms with Crippen molar-refractivity contribution < 1.29 is 0 Å². The van der Waals surface area contributed by atoms with Gasteiger partial charge in [-0.05, 0) is 29.7 Å². The number of alkyl halides is 1. The molecule has 0 bridgehead atoms. The van der Waals surface area contributed by atoms with Crippen LogP contribution in [-0.4, -0.2) is 0 Å². The summed E-state index contributed by atoms with van der Waals surface area (Å²) in [6, 6.07) is 18.2. The Labute approximate surface area is 110 Å². The van der Waals surface area contributed by atoms with Crippen LogP contribution in [0, 0.1) is 11.3 Å². The van der Waals surface area contributed by atoms with Crippen LogP contribution in [0.3, 0.4) is 0 Å². The minimum Gasteiger partial charge on any atom is -0.192 e. The lowest BCUT2D eigenvalue weighted by molar-refractivity contribution is 1.12. The smallest absolute Gasteiger partial charge is 0.0998 e. The Morgan fingerprint density at radius 3 is 2.29 bits per heavy atom. The lowest BCUT2D eigenvalue weighted by Gasteiger charge is -2.07. The Morgan fingerprint density at radius 1 is 1.06 bits per heavy atom. The molecule has 2 heteroatoms. The Bertz CT molecular complexity index is 550. The molecule has 0 fully saturated rings. The first kappa shape index (κ1) is 11.9. The standard InChI is InChI=1S/C15H12BrN/c1-11(16)12-6-8-13(9-7-12)15-5-3-2-4-14(15)10-17/h2-9,11H,1H3/t11-/m0/s1. The maximum atomic E-state index is 9.07. The van der Waals surface area contributed by atoms with E-state index in [0.717, 1.165) is 11.1 Å². The average Bonchev–Trinajstić information content (AvgIpc) is 2.39. The van der Waals surface area contributed by atoms with Gasteiger partial charge in [-0.2, -0.15) is 5.26 Å². The SMILES string of the molecule is C[C@H](Br)c1ccc(-c2ccccc2C#N)cc1. The number of nitrogens with zero attached hydrogens (tertiary/aromatic N) is 1. The summed E-state index contributed by atoms with van der Waals surface area (Å²) in [5.41, 5.74) is 4.03. The summed E-state index contributed by atoms with van der Waals surface area (Å²) < 4.78 is 0. The van der Waals surface area contributed by atoms with E-state index in [1.54, 1.807) is 0 Å². The van der Waals surface area contributed by atoms with Crippen LogP contribution < -0.4 is 0 Å². The predicted molar refractivity (Wildman–Crippen MR) is 73.9 cm³/mol. The molecule has 84 valence electrons. The fourth-order valence-electron chi connectivity index (χ4n) is 1.76. The maximum Gasteiger partial charge on any atom is 0.0998 e. The van der Waals surface area contributed by atoms with Crippen molar-refractivity contribution >= 4 is 15.9 Å². The normalized spacial score (nSPS) is 11.8. The molecule has 0 saturated carbocycles. The Balaban J connectivity index is 2.44. The molecular weight excluding hydrogens is 274 g/mol. The molecule has 0 N–H and O–H groups in total. The van der Waals surface area contributed by atoms with Gasteiger partial charge in [0.05, 0.1) is 11.6 Å². The van der Waals surface area contributed by atoms with Crippen molar-refractivity contribution in [2.45, 2.75) is 11.8 Å². The van der Waals surface area contributed by atoms with Crippen molar-refractivity contribution in [3.05, 3.63) is 59.7 Å². The highest BCUT2D eigenvalue weighted by Crippen LogP contribution is 2.27. The summed E-state index contributed by atoms with van der Waals surface area (Å²) in [6.07, 6.45) is 0. The van der Waals surface area contributed by atoms with Crippen LogP contribution >= 0.6 is 15.9 Å². The first-order chi connectivity index (χ1) is 8.22. The third-order valence-electron chi connectivity index (χ3n) is 2.73. The lowest BCUT2D eigenvalue weighted by atomic mass is 9.99. The van der Waals surface area contributed by atoms with Crippen molar-refractivity contribution in [2.24, 2.45) is 0 Å². The Morgan fingerprint density at radius 2 is 1.71 bits per heavy atom. The first-order valence-corrected chi connectivity index (χ1v) is 6.37. The zero-order valence-corrected chi connectivity index (χ0v) is 11.1. The quantitative estimate of drug-likeness (QED) is 0.735. The third-order valence-corrected chi connectivity index (χ3v) is 3.26. The Hall–Kier alpha value is -1.59. The maximum absolute atomic E-state index is 9.07. The van der Waals surface area contributed by atoms with Gasteiger partial charge in [-0.15, -0.1) is 0 Å². The van der Waals surface area contributed by atoms with Gasteiger partial charge < -0.3 is 0 Å². The molecule has 17 heavy (non-hydrogen) atoms. The second-order valence-electron chi connectivity index (χ2n) is 3.90. The van der Waals surface area contributed by atoms with Gasteiger partial charge in [-0.3, -0.25) is 0 Å². The van der Waals surface area contributed by atoms with Crippen molar-refractivity contribution in [2.75, 3.05) is 0 Å². The number of nitriles is 1. The molecule has 0 aromatic heterocycles. The van der Waals surface area contributed by atoms with Crippen LogP contribution in [0.1, 0.15) is 22.9 Å². The largest absolute Gasteiger partial charge is 0.192 e. The van der Waals surface area contributed by atoms with Gasteiger partial charge in [-0.1, -0.05) is 58.4 Å². The topological polar surface area (TPSA) is 23.8 Å². The molecule has 0 radical (unpaired) electrons. The van der Waals surface area contributed by atoms with Gasteiger partial charge in [0.2, 0.25) is 0 Å². The van der Waals surface area contributed by atoms with E-state index in [9.17, 15) is 0 Å². The summed E-state index contributed by atoms with van der Waals surface area (Å²) in [5, 5.41) is 9.07. The van der Waals surface area contributed by atoms with Crippen LogP contribution in [0.4, 0.5) is 0 Å². The summed E-state index contributed by atoms with van der Waals surface area (Å²) in [4.78, 5) is 0.350. The van der Waals surface area contributed by atoms with Gasteiger partial charge in [0.1, 0.15) is 0 Å². The second-order valence-corrected chi connectivity index (χ2v) is 5.27. The first-order valence-electron chi connectivity index (χ1n) is 5.46. The number of hydrogen-bond donors (Lipinski definition) is 0. The molecule has 0 heterocycles. The van der Waals surface area contributed by atoms with Gasteiger partial charge >= 0.3 is 0 Å². The third kappa shape index (κ3) is 2.57. The van der Waals surface area contributed by atoms with Crippen LogP contribution in [0.15, 0.2) is 48.5 Å². The van der Waals surface area contributed by atoms with E-state index in [1.165, 1.54) is 5.56 Å². The van der Waals surface area contributed by atoms with Gasteiger partial charge in [0.25, 0.3) is 0 Å². The van der Waals surface area contributed by atoms with E-state index in [-0.39, 0.29) is 0 Å². The Kier molecular flexibility index (Phi) is 3.61. The van der Waals surface area contributed by atoms with Crippen molar-refractivity contribution in [1.82, 2.24) is 0 Å². The van der Waals surface area contributed by atoms with E-state index >= 15 is 0 Å². The number of benzene rings is 2. The molecular formula is C15H12BrN. The summed E-state index contributed by atoms with van der Waals surface area (Å²) >= 11 is 3.54. The number of rotatable bonds is 2. The highest BCUT2D eigenvalue weighted by molar-refractivity contribution is 9.09. The summed E-state index contributed by atoms with van der Waals surface area (Å²) in [6.45, 7) is 2.10. The highest BCUT2D eigenvalue weighted by atomic mass is 79.9. The molecule has 0 saturated heterocycles. The monoisotopic (exact) mass is 285 g/mol. The molecule has 2 aromatic carbocycles. The molecule has 0 aliphatic carbocycles. The minimum atomic E-state index is 0.350. The second kappa shape index (κ2) is 5.16. The van der Waals surface area contributed by atoms with E-state index < -0.39 is 0 Å². The number of halogens is 1. The van der Waals surface area contributed by atoms with Gasteiger partial charge in [-0.25, -0.2) is 0 Å². The van der Waals surface area contributed by atoms with E-state index in [2.05, 4.69) is 53.2 Å². The lowest BCUT2D eigenvalue weighted by Crippen LogP contribution is -1.86. The fourth-order valence-corrected chi connectivity index (χ4v) is 2.07. The van der Waals surface area contributed by atoms with Crippen LogP contribution in [0.2, 0.25) is 0 Å².